The maximum absolute atomic E-state index is 12.5. The number of hydrogen-bond acceptors (Lipinski definition) is 5. The van der Waals surface area contributed by atoms with Crippen LogP contribution in [0.15, 0.2) is 48.6 Å². The zero-order valence-electron chi connectivity index (χ0n) is 44.6. The second-order valence-corrected chi connectivity index (χ2v) is 20.0. The Kier molecular flexibility index (Phi) is 54.6. The summed E-state index contributed by atoms with van der Waals surface area (Å²) in [5, 5.41) is 23.3. The van der Waals surface area contributed by atoms with Gasteiger partial charge in [-0.2, -0.15) is 0 Å². The topological polar surface area (TPSA) is 95.9 Å². The summed E-state index contributed by atoms with van der Waals surface area (Å²) < 4.78 is 5.46. The van der Waals surface area contributed by atoms with E-state index in [4.69, 9.17) is 4.74 Å². The Labute approximate surface area is 416 Å². The van der Waals surface area contributed by atoms with Gasteiger partial charge >= 0.3 is 5.97 Å². The molecule has 0 aliphatic rings. The number of hydrogen-bond donors (Lipinski definition) is 3. The molecule has 2 atom stereocenters. The number of carbonyl (C=O) groups excluding carboxylic acids is 2. The number of amides is 1. The number of aliphatic hydroxyl groups excluding tert-OH is 2. The molecule has 0 aliphatic heterocycles. The van der Waals surface area contributed by atoms with Crippen molar-refractivity contribution < 1.29 is 24.5 Å². The summed E-state index contributed by atoms with van der Waals surface area (Å²) in [5.41, 5.74) is 0. The molecule has 1 amide bonds. The van der Waals surface area contributed by atoms with E-state index in [9.17, 15) is 19.8 Å². The third-order valence-electron chi connectivity index (χ3n) is 13.4. The molecule has 0 aromatic carbocycles. The molecule has 0 radical (unpaired) electrons. The first-order chi connectivity index (χ1) is 33.0. The third-order valence-corrected chi connectivity index (χ3v) is 13.4. The lowest BCUT2D eigenvalue weighted by Crippen LogP contribution is -2.45. The van der Waals surface area contributed by atoms with E-state index in [1.807, 2.05) is 0 Å². The highest BCUT2D eigenvalue weighted by atomic mass is 16.5. The van der Waals surface area contributed by atoms with E-state index < -0.39 is 12.1 Å². The van der Waals surface area contributed by atoms with Gasteiger partial charge in [-0.1, -0.05) is 242 Å². The summed E-state index contributed by atoms with van der Waals surface area (Å²) in [6, 6.07) is -0.555. The van der Waals surface area contributed by atoms with Gasteiger partial charge in [0.25, 0.3) is 0 Å². The number of esters is 1. The van der Waals surface area contributed by atoms with Crippen LogP contribution < -0.4 is 5.32 Å². The minimum absolute atomic E-state index is 0.0231. The van der Waals surface area contributed by atoms with Crippen molar-refractivity contribution in [1.29, 1.82) is 0 Å². The Balaban J connectivity index is 3.50. The fourth-order valence-electron chi connectivity index (χ4n) is 8.82. The summed E-state index contributed by atoms with van der Waals surface area (Å²) in [7, 11) is 0. The molecular weight excluding hydrogens is 827 g/mol. The van der Waals surface area contributed by atoms with Gasteiger partial charge < -0.3 is 20.3 Å². The molecule has 67 heavy (non-hydrogen) atoms. The van der Waals surface area contributed by atoms with Crippen LogP contribution in [-0.2, 0) is 14.3 Å². The van der Waals surface area contributed by atoms with E-state index in [-0.39, 0.29) is 18.5 Å². The molecule has 6 nitrogen and oxygen atoms in total. The minimum Gasteiger partial charge on any atom is -0.466 e. The van der Waals surface area contributed by atoms with Gasteiger partial charge in [0.15, 0.2) is 0 Å². The van der Waals surface area contributed by atoms with Gasteiger partial charge in [-0.25, -0.2) is 0 Å². The van der Waals surface area contributed by atoms with Crippen molar-refractivity contribution >= 4 is 11.9 Å². The normalized spacial score (nSPS) is 13.0. The van der Waals surface area contributed by atoms with Gasteiger partial charge in [0, 0.05) is 12.8 Å². The molecule has 2 unspecified atom stereocenters. The highest BCUT2D eigenvalue weighted by Crippen LogP contribution is 2.16. The van der Waals surface area contributed by atoms with Crippen molar-refractivity contribution in [3.05, 3.63) is 48.6 Å². The molecule has 0 saturated heterocycles. The van der Waals surface area contributed by atoms with Gasteiger partial charge in [0.1, 0.15) is 0 Å². The summed E-state index contributed by atoms with van der Waals surface area (Å²) in [5.74, 6) is -0.0742. The Morgan fingerprint density at radius 3 is 1.15 bits per heavy atom. The lowest BCUT2D eigenvalue weighted by atomic mass is 10.0. The molecule has 0 saturated carbocycles. The van der Waals surface area contributed by atoms with Crippen molar-refractivity contribution in [3.63, 3.8) is 0 Å². The smallest absolute Gasteiger partial charge is 0.305 e. The van der Waals surface area contributed by atoms with E-state index in [1.165, 1.54) is 180 Å². The maximum Gasteiger partial charge on any atom is 0.305 e. The van der Waals surface area contributed by atoms with Crippen LogP contribution in [0.5, 0.6) is 0 Å². The molecular formula is C61H113NO5. The molecule has 3 N–H and O–H groups in total. The van der Waals surface area contributed by atoms with Crippen LogP contribution in [0.25, 0.3) is 0 Å². The number of allylic oxidation sites excluding steroid dienone is 8. The fourth-order valence-corrected chi connectivity index (χ4v) is 8.82. The first kappa shape index (κ1) is 64.8. The van der Waals surface area contributed by atoms with Crippen LogP contribution in [0, 0.1) is 0 Å². The molecule has 0 fully saturated rings. The second-order valence-electron chi connectivity index (χ2n) is 20.0. The highest BCUT2D eigenvalue weighted by Gasteiger charge is 2.20. The van der Waals surface area contributed by atoms with Gasteiger partial charge in [-0.3, -0.25) is 9.59 Å². The number of aliphatic hydroxyl groups is 2. The van der Waals surface area contributed by atoms with Crippen molar-refractivity contribution in [2.24, 2.45) is 0 Å². The number of nitrogens with one attached hydrogen (secondary N) is 1. The Hall–Kier alpha value is -2.18. The van der Waals surface area contributed by atoms with Gasteiger partial charge in [-0.15, -0.1) is 0 Å². The number of carbonyl (C=O) groups is 2. The SMILES string of the molecule is CCCCCC/C=C\C/C=C\CCCCCCCCCC(=O)OCCCCC/C=C\C/C=C\CCCCCCCCCC(=O)NC(CO)C(O)CCCCCCCCCCCCCCCCC. The van der Waals surface area contributed by atoms with Crippen LogP contribution in [0.2, 0.25) is 0 Å². The average molecular weight is 941 g/mol. The van der Waals surface area contributed by atoms with Crippen molar-refractivity contribution in [2.75, 3.05) is 13.2 Å². The highest BCUT2D eigenvalue weighted by molar-refractivity contribution is 5.76. The average Bonchev–Trinajstić information content (AvgIpc) is 3.33. The van der Waals surface area contributed by atoms with Crippen molar-refractivity contribution in [1.82, 2.24) is 5.32 Å². The summed E-state index contributed by atoms with van der Waals surface area (Å²) >= 11 is 0. The van der Waals surface area contributed by atoms with E-state index in [2.05, 4.69) is 67.8 Å². The predicted molar refractivity (Wildman–Crippen MR) is 292 cm³/mol. The number of ether oxygens (including phenoxy) is 1. The Morgan fingerprint density at radius 1 is 0.418 bits per heavy atom. The standard InChI is InChI=1S/C61H113NO5/c1-3-5-7-9-11-13-15-17-19-20-23-27-31-35-39-43-47-51-55-61(66)67-56-52-48-44-40-36-32-28-24-21-22-26-30-34-38-42-46-50-54-60(65)62-58(57-63)59(64)53-49-45-41-37-33-29-25-18-16-14-12-10-8-6-4-2/h13,15,19-21,24,32,36,58-59,63-64H,3-12,14,16-18,22-23,25-31,33-35,37-57H2,1-2H3,(H,62,65)/b15-13-,20-19-,24-21-,36-32-. The molecule has 0 aromatic heterocycles. The van der Waals surface area contributed by atoms with Crippen molar-refractivity contribution in [3.8, 4) is 0 Å². The van der Waals surface area contributed by atoms with E-state index in [0.29, 0.717) is 25.9 Å². The Bertz CT molecular complexity index is 1130. The van der Waals surface area contributed by atoms with Gasteiger partial charge in [0.05, 0.1) is 25.4 Å². The zero-order valence-corrected chi connectivity index (χ0v) is 44.6. The number of unbranched alkanes of at least 4 members (excludes halogenated alkanes) is 35. The van der Waals surface area contributed by atoms with Crippen LogP contribution >= 0.6 is 0 Å². The predicted octanol–water partition coefficient (Wildman–Crippen LogP) is 18.2. The minimum atomic E-state index is -0.676. The summed E-state index contributed by atoms with van der Waals surface area (Å²) in [6.45, 7) is 4.89. The molecule has 0 aliphatic carbocycles. The van der Waals surface area contributed by atoms with E-state index >= 15 is 0 Å². The Morgan fingerprint density at radius 2 is 0.746 bits per heavy atom. The fraction of sp³-hybridized carbons (Fsp3) is 0.836. The van der Waals surface area contributed by atoms with Crippen LogP contribution in [0.4, 0.5) is 0 Å². The van der Waals surface area contributed by atoms with Crippen molar-refractivity contribution in [2.45, 2.75) is 315 Å². The molecule has 0 heterocycles. The molecule has 0 rings (SSSR count). The van der Waals surface area contributed by atoms with Gasteiger partial charge in [0.2, 0.25) is 5.91 Å². The second kappa shape index (κ2) is 56.4. The monoisotopic (exact) mass is 940 g/mol. The van der Waals surface area contributed by atoms with Gasteiger partial charge in [-0.05, 0) is 96.3 Å². The first-order valence-electron chi connectivity index (χ1n) is 29.4. The molecule has 392 valence electrons. The van der Waals surface area contributed by atoms with E-state index in [0.717, 1.165) is 89.9 Å². The zero-order chi connectivity index (χ0) is 48.6. The lowest BCUT2D eigenvalue weighted by Gasteiger charge is -2.22. The van der Waals surface area contributed by atoms with Crippen LogP contribution in [0.1, 0.15) is 303 Å². The third kappa shape index (κ3) is 53.0. The van der Waals surface area contributed by atoms with Crippen LogP contribution in [0.3, 0.4) is 0 Å². The summed E-state index contributed by atoms with van der Waals surface area (Å²) in [4.78, 5) is 24.5. The molecule has 0 aromatic rings. The van der Waals surface area contributed by atoms with E-state index in [1.54, 1.807) is 0 Å². The molecule has 0 spiro atoms. The largest absolute Gasteiger partial charge is 0.466 e. The first-order valence-corrected chi connectivity index (χ1v) is 29.4. The molecule has 6 heteroatoms. The molecule has 0 bridgehead atoms. The van der Waals surface area contributed by atoms with Crippen LogP contribution in [-0.4, -0.2) is 47.4 Å². The maximum atomic E-state index is 12.5. The summed E-state index contributed by atoms with van der Waals surface area (Å²) in [6.07, 6.45) is 71.0. The quantitative estimate of drug-likeness (QED) is 0.0321. The number of rotatable bonds is 54. The lowest BCUT2D eigenvalue weighted by molar-refractivity contribution is -0.143.